The first-order chi connectivity index (χ1) is 9.38. The predicted molar refractivity (Wildman–Crippen MR) is 69.7 cm³/mol. The largest absolute Gasteiger partial charge is 0.356 e. The number of ether oxygens (including phenoxy) is 1. The Kier molecular flexibility index (Phi) is 3.37. The zero-order valence-corrected chi connectivity index (χ0v) is 10.5. The maximum atomic E-state index is 11.2. The number of aromatic nitrogens is 3. The Hall–Kier alpha value is -2.01. The van der Waals surface area contributed by atoms with E-state index in [0.717, 1.165) is 37.8 Å². The molecule has 98 valence electrons. The van der Waals surface area contributed by atoms with Crippen LogP contribution in [0.1, 0.15) is 36.0 Å². The maximum absolute atomic E-state index is 11.2. The highest BCUT2D eigenvalue weighted by molar-refractivity contribution is 5.75. The van der Waals surface area contributed by atoms with Gasteiger partial charge in [-0.15, -0.1) is 0 Å². The Morgan fingerprint density at radius 3 is 2.95 bits per heavy atom. The van der Waals surface area contributed by atoms with Gasteiger partial charge in [0.05, 0.1) is 5.69 Å². The molecule has 0 bridgehead atoms. The number of pyridine rings is 1. The van der Waals surface area contributed by atoms with Crippen LogP contribution in [0.5, 0.6) is 0 Å². The van der Waals surface area contributed by atoms with E-state index in [9.17, 15) is 4.79 Å². The molecule has 1 saturated heterocycles. The van der Waals surface area contributed by atoms with Crippen LogP contribution in [-0.2, 0) is 4.74 Å². The first-order valence-corrected chi connectivity index (χ1v) is 6.46. The third kappa shape index (κ3) is 2.42. The zero-order valence-electron chi connectivity index (χ0n) is 10.5. The lowest BCUT2D eigenvalue weighted by atomic mass is 10.2. The number of rotatable bonds is 3. The van der Waals surface area contributed by atoms with Gasteiger partial charge in [-0.05, 0) is 37.5 Å². The summed E-state index contributed by atoms with van der Waals surface area (Å²) in [5.74, 6) is 0. The standard InChI is InChI=1S/C14H15N3O2/c18-10-11-9-13(12-5-1-3-7-15-12)16-17(11)14-6-2-4-8-19-14/h1,3,5,7,9-10,14H,2,4,6,8H2. The van der Waals surface area contributed by atoms with Gasteiger partial charge in [-0.1, -0.05) is 6.07 Å². The highest BCUT2D eigenvalue weighted by atomic mass is 16.5. The topological polar surface area (TPSA) is 57.0 Å². The fourth-order valence-electron chi connectivity index (χ4n) is 2.28. The van der Waals surface area contributed by atoms with Crippen molar-refractivity contribution in [3.63, 3.8) is 0 Å². The molecule has 3 rings (SSSR count). The second-order valence-electron chi connectivity index (χ2n) is 4.55. The fraction of sp³-hybridized carbons (Fsp3) is 0.357. The van der Waals surface area contributed by atoms with Gasteiger partial charge in [0.2, 0.25) is 0 Å². The maximum Gasteiger partial charge on any atom is 0.168 e. The van der Waals surface area contributed by atoms with Crippen LogP contribution in [0.15, 0.2) is 30.5 Å². The van der Waals surface area contributed by atoms with Gasteiger partial charge in [0.15, 0.2) is 12.5 Å². The summed E-state index contributed by atoms with van der Waals surface area (Å²) >= 11 is 0. The summed E-state index contributed by atoms with van der Waals surface area (Å²) in [5, 5.41) is 4.47. The highest BCUT2D eigenvalue weighted by Gasteiger charge is 2.20. The molecule has 5 heteroatoms. The minimum Gasteiger partial charge on any atom is -0.356 e. The highest BCUT2D eigenvalue weighted by Crippen LogP contribution is 2.25. The lowest BCUT2D eigenvalue weighted by Gasteiger charge is -2.23. The van der Waals surface area contributed by atoms with E-state index in [1.807, 2.05) is 18.2 Å². The molecule has 0 aromatic carbocycles. The minimum absolute atomic E-state index is 0.133. The van der Waals surface area contributed by atoms with Crippen LogP contribution in [0.2, 0.25) is 0 Å². The first kappa shape index (κ1) is 12.0. The zero-order chi connectivity index (χ0) is 13.1. The summed E-state index contributed by atoms with van der Waals surface area (Å²) in [7, 11) is 0. The van der Waals surface area contributed by atoms with Gasteiger partial charge in [-0.25, -0.2) is 4.68 Å². The van der Waals surface area contributed by atoms with Crippen molar-refractivity contribution in [2.24, 2.45) is 0 Å². The molecule has 5 nitrogen and oxygen atoms in total. The van der Waals surface area contributed by atoms with E-state index in [2.05, 4.69) is 10.1 Å². The van der Waals surface area contributed by atoms with Crippen molar-refractivity contribution in [1.82, 2.24) is 14.8 Å². The second-order valence-corrected chi connectivity index (χ2v) is 4.55. The quantitative estimate of drug-likeness (QED) is 0.792. The molecule has 2 aromatic rings. The molecule has 2 aromatic heterocycles. The van der Waals surface area contributed by atoms with Crippen molar-refractivity contribution in [1.29, 1.82) is 0 Å². The average Bonchev–Trinajstić information content (AvgIpc) is 2.93. The van der Waals surface area contributed by atoms with Crippen molar-refractivity contribution >= 4 is 6.29 Å². The monoisotopic (exact) mass is 257 g/mol. The molecule has 0 N–H and O–H groups in total. The molecular weight excluding hydrogens is 242 g/mol. The van der Waals surface area contributed by atoms with E-state index < -0.39 is 0 Å². The summed E-state index contributed by atoms with van der Waals surface area (Å²) in [5.41, 5.74) is 2.00. The van der Waals surface area contributed by atoms with Crippen LogP contribution in [-0.4, -0.2) is 27.7 Å². The molecule has 1 atom stereocenters. The molecule has 1 aliphatic heterocycles. The van der Waals surface area contributed by atoms with E-state index in [-0.39, 0.29) is 6.23 Å². The van der Waals surface area contributed by atoms with Crippen LogP contribution in [0, 0.1) is 0 Å². The van der Waals surface area contributed by atoms with Crippen LogP contribution >= 0.6 is 0 Å². The van der Waals surface area contributed by atoms with Crippen molar-refractivity contribution in [2.75, 3.05) is 6.61 Å². The summed E-state index contributed by atoms with van der Waals surface area (Å²) in [6, 6.07) is 7.39. The summed E-state index contributed by atoms with van der Waals surface area (Å²) in [6.07, 6.45) is 5.46. The summed E-state index contributed by atoms with van der Waals surface area (Å²) in [4.78, 5) is 15.4. The molecule has 0 spiro atoms. The first-order valence-electron chi connectivity index (χ1n) is 6.46. The van der Waals surface area contributed by atoms with Crippen LogP contribution in [0.4, 0.5) is 0 Å². The lowest BCUT2D eigenvalue weighted by molar-refractivity contribution is -0.0401. The van der Waals surface area contributed by atoms with Gasteiger partial charge in [-0.2, -0.15) is 5.10 Å². The average molecular weight is 257 g/mol. The van der Waals surface area contributed by atoms with E-state index >= 15 is 0 Å². The van der Waals surface area contributed by atoms with Gasteiger partial charge >= 0.3 is 0 Å². The molecule has 1 unspecified atom stereocenters. The van der Waals surface area contributed by atoms with E-state index in [4.69, 9.17) is 4.74 Å². The third-order valence-electron chi connectivity index (χ3n) is 3.24. The second kappa shape index (κ2) is 5.32. The Bertz CT molecular complexity index is 559. The Labute approximate surface area is 111 Å². The van der Waals surface area contributed by atoms with Gasteiger partial charge in [0.25, 0.3) is 0 Å². The molecule has 0 radical (unpaired) electrons. The molecule has 0 amide bonds. The van der Waals surface area contributed by atoms with E-state index in [0.29, 0.717) is 11.4 Å². The van der Waals surface area contributed by atoms with Gasteiger partial charge in [0.1, 0.15) is 11.4 Å². The van der Waals surface area contributed by atoms with Gasteiger partial charge in [-0.3, -0.25) is 9.78 Å². The number of hydrogen-bond donors (Lipinski definition) is 0. The van der Waals surface area contributed by atoms with Crippen molar-refractivity contribution in [3.05, 3.63) is 36.2 Å². The Morgan fingerprint density at radius 1 is 1.32 bits per heavy atom. The third-order valence-corrected chi connectivity index (χ3v) is 3.24. The SMILES string of the molecule is O=Cc1cc(-c2ccccn2)nn1C1CCCCO1. The fourth-order valence-corrected chi connectivity index (χ4v) is 2.28. The summed E-state index contributed by atoms with van der Waals surface area (Å²) in [6.45, 7) is 0.724. The number of hydrogen-bond acceptors (Lipinski definition) is 4. The molecule has 19 heavy (non-hydrogen) atoms. The van der Waals surface area contributed by atoms with Crippen molar-refractivity contribution < 1.29 is 9.53 Å². The Balaban J connectivity index is 1.96. The lowest BCUT2D eigenvalue weighted by Crippen LogP contribution is -2.20. The number of carbonyl (C=O) groups excluding carboxylic acids is 1. The molecule has 3 heterocycles. The van der Waals surface area contributed by atoms with Gasteiger partial charge < -0.3 is 4.74 Å². The molecule has 0 saturated carbocycles. The summed E-state index contributed by atoms with van der Waals surface area (Å²) < 4.78 is 7.35. The minimum atomic E-state index is -0.133. The van der Waals surface area contributed by atoms with Crippen LogP contribution < -0.4 is 0 Å². The van der Waals surface area contributed by atoms with Crippen molar-refractivity contribution in [3.8, 4) is 11.4 Å². The van der Waals surface area contributed by atoms with Crippen LogP contribution in [0.25, 0.3) is 11.4 Å². The van der Waals surface area contributed by atoms with Crippen LogP contribution in [0.3, 0.4) is 0 Å². The van der Waals surface area contributed by atoms with Crippen molar-refractivity contribution in [2.45, 2.75) is 25.5 Å². The number of nitrogens with zero attached hydrogens (tertiary/aromatic N) is 3. The predicted octanol–water partition coefficient (Wildman–Crippen LogP) is 2.46. The van der Waals surface area contributed by atoms with Gasteiger partial charge in [0, 0.05) is 12.8 Å². The molecule has 0 aliphatic carbocycles. The number of aldehydes is 1. The molecular formula is C14H15N3O2. The number of carbonyl (C=O) groups is 1. The molecule has 1 aliphatic rings. The normalized spacial score (nSPS) is 19.3. The van der Waals surface area contributed by atoms with E-state index in [1.54, 1.807) is 16.9 Å². The van der Waals surface area contributed by atoms with E-state index in [1.165, 1.54) is 0 Å². The Morgan fingerprint density at radius 2 is 2.26 bits per heavy atom. The molecule has 1 fully saturated rings. The smallest absolute Gasteiger partial charge is 0.168 e.